The number of nitrogens with one attached hydrogen (secondary N) is 2. The first kappa shape index (κ1) is 19.0. The van der Waals surface area contributed by atoms with Crippen LogP contribution in [0.4, 0.5) is 18.9 Å². The second kappa shape index (κ2) is 7.68. The van der Waals surface area contributed by atoms with Crippen LogP contribution in [0, 0.1) is 0 Å². The number of carboxylic acid groups (broad SMARTS) is 1. The van der Waals surface area contributed by atoms with E-state index in [2.05, 4.69) is 20.5 Å². The summed E-state index contributed by atoms with van der Waals surface area (Å²) in [6, 6.07) is 4.97. The van der Waals surface area contributed by atoms with Crippen LogP contribution >= 0.6 is 0 Å². The van der Waals surface area contributed by atoms with E-state index >= 15 is 0 Å². The molecule has 2 atom stereocenters. The Morgan fingerprint density at radius 2 is 1.84 bits per heavy atom. The van der Waals surface area contributed by atoms with Crippen LogP contribution in [0.2, 0.25) is 0 Å². The van der Waals surface area contributed by atoms with E-state index in [9.17, 15) is 18.0 Å². The summed E-state index contributed by atoms with van der Waals surface area (Å²) in [5.74, 6) is -2.89. The molecule has 2 aliphatic rings. The minimum atomic E-state index is -5.08. The second-order valence-electron chi connectivity index (χ2n) is 5.73. The predicted molar refractivity (Wildman–Crippen MR) is 83.5 cm³/mol. The Morgan fingerprint density at radius 1 is 1.28 bits per heavy atom. The van der Waals surface area contributed by atoms with Gasteiger partial charge >= 0.3 is 12.1 Å². The van der Waals surface area contributed by atoms with Crippen molar-refractivity contribution >= 4 is 17.6 Å². The van der Waals surface area contributed by atoms with Crippen LogP contribution in [-0.4, -0.2) is 60.4 Å². The molecule has 3 rings (SSSR count). The van der Waals surface area contributed by atoms with Gasteiger partial charge in [0.05, 0.1) is 11.9 Å². The van der Waals surface area contributed by atoms with Crippen molar-refractivity contribution in [2.24, 2.45) is 0 Å². The Balaban J connectivity index is 0.000000277. The fourth-order valence-corrected chi connectivity index (χ4v) is 3.00. The summed E-state index contributed by atoms with van der Waals surface area (Å²) in [6.45, 7) is 2.10. The number of rotatable bonds is 2. The van der Waals surface area contributed by atoms with Crippen molar-refractivity contribution in [1.29, 1.82) is 0 Å². The number of amides is 1. The summed E-state index contributed by atoms with van der Waals surface area (Å²) in [4.78, 5) is 27.0. The van der Waals surface area contributed by atoms with Crippen molar-refractivity contribution in [3.8, 4) is 0 Å². The van der Waals surface area contributed by atoms with Gasteiger partial charge in [0.25, 0.3) is 5.91 Å². The molecule has 1 amide bonds. The van der Waals surface area contributed by atoms with Gasteiger partial charge in [0.1, 0.15) is 5.69 Å². The van der Waals surface area contributed by atoms with Gasteiger partial charge in [-0.05, 0) is 25.0 Å². The zero-order valence-corrected chi connectivity index (χ0v) is 13.5. The van der Waals surface area contributed by atoms with Crippen LogP contribution in [0.1, 0.15) is 23.3 Å². The number of alkyl halides is 3. The van der Waals surface area contributed by atoms with Gasteiger partial charge in [0.2, 0.25) is 0 Å². The summed E-state index contributed by atoms with van der Waals surface area (Å²) in [5, 5.41) is 13.2. The molecule has 2 fully saturated rings. The smallest absolute Gasteiger partial charge is 0.475 e. The molecule has 0 spiro atoms. The molecule has 10 heteroatoms. The summed E-state index contributed by atoms with van der Waals surface area (Å²) in [6.07, 6.45) is -0.773. The maximum atomic E-state index is 11.4. The number of carboxylic acids is 1. The summed E-state index contributed by atoms with van der Waals surface area (Å²) in [7, 11) is 1.62. The molecule has 7 nitrogen and oxygen atoms in total. The summed E-state index contributed by atoms with van der Waals surface area (Å²) >= 11 is 0. The molecule has 1 aromatic rings. The number of piperazine rings is 1. The lowest BCUT2D eigenvalue weighted by molar-refractivity contribution is -0.192. The van der Waals surface area contributed by atoms with Crippen LogP contribution in [0.15, 0.2) is 18.3 Å². The van der Waals surface area contributed by atoms with Gasteiger partial charge in [0.15, 0.2) is 0 Å². The monoisotopic (exact) mass is 360 g/mol. The maximum absolute atomic E-state index is 11.4. The lowest BCUT2D eigenvalue weighted by Crippen LogP contribution is -2.52. The lowest BCUT2D eigenvalue weighted by atomic mass is 10.2. The van der Waals surface area contributed by atoms with E-state index in [1.165, 1.54) is 12.8 Å². The maximum Gasteiger partial charge on any atom is 0.490 e. The molecular weight excluding hydrogens is 341 g/mol. The SMILES string of the molecule is CNC(=O)c1ccc(N2C3CCC2CNC3)cn1.O=C(O)C(F)(F)F. The fraction of sp³-hybridized carbons (Fsp3) is 0.533. The summed E-state index contributed by atoms with van der Waals surface area (Å²) in [5.41, 5.74) is 1.61. The van der Waals surface area contributed by atoms with Crippen LogP contribution in [0.5, 0.6) is 0 Å². The zero-order chi connectivity index (χ0) is 18.6. The first-order valence-corrected chi connectivity index (χ1v) is 7.71. The van der Waals surface area contributed by atoms with Gasteiger partial charge in [-0.2, -0.15) is 13.2 Å². The molecule has 2 bridgehead atoms. The third-order valence-corrected chi connectivity index (χ3v) is 4.13. The number of carbonyl (C=O) groups excluding carboxylic acids is 1. The lowest BCUT2D eigenvalue weighted by Gasteiger charge is -2.37. The van der Waals surface area contributed by atoms with Gasteiger partial charge in [0, 0.05) is 32.2 Å². The number of halogens is 3. The highest BCUT2D eigenvalue weighted by atomic mass is 19.4. The molecule has 3 heterocycles. The normalized spacial score (nSPS) is 22.0. The molecule has 0 saturated carbocycles. The number of carbonyl (C=O) groups is 2. The van der Waals surface area contributed by atoms with E-state index in [1.54, 1.807) is 13.1 Å². The number of hydrogen-bond donors (Lipinski definition) is 3. The Hall–Kier alpha value is -2.36. The van der Waals surface area contributed by atoms with Crippen LogP contribution < -0.4 is 15.5 Å². The second-order valence-corrected chi connectivity index (χ2v) is 5.73. The largest absolute Gasteiger partial charge is 0.490 e. The van der Waals surface area contributed by atoms with Crippen molar-refractivity contribution in [3.05, 3.63) is 24.0 Å². The Bertz CT molecular complexity index is 605. The average molecular weight is 360 g/mol. The highest BCUT2D eigenvalue weighted by Crippen LogP contribution is 2.31. The highest BCUT2D eigenvalue weighted by Gasteiger charge is 2.38. The van der Waals surface area contributed by atoms with E-state index in [4.69, 9.17) is 9.90 Å². The third kappa shape index (κ3) is 4.59. The molecule has 0 aromatic carbocycles. The molecule has 3 N–H and O–H groups in total. The zero-order valence-electron chi connectivity index (χ0n) is 13.5. The number of anilines is 1. The van der Waals surface area contributed by atoms with Gasteiger partial charge in [-0.3, -0.25) is 4.79 Å². The fourth-order valence-electron chi connectivity index (χ4n) is 3.00. The van der Waals surface area contributed by atoms with E-state index in [0.29, 0.717) is 17.8 Å². The number of nitrogens with zero attached hydrogens (tertiary/aromatic N) is 2. The van der Waals surface area contributed by atoms with Gasteiger partial charge < -0.3 is 20.6 Å². The van der Waals surface area contributed by atoms with Gasteiger partial charge in [-0.1, -0.05) is 0 Å². The van der Waals surface area contributed by atoms with E-state index in [1.807, 2.05) is 12.3 Å². The Kier molecular flexibility index (Phi) is 5.83. The van der Waals surface area contributed by atoms with Crippen LogP contribution in [0.25, 0.3) is 0 Å². The van der Waals surface area contributed by atoms with E-state index < -0.39 is 12.1 Å². The molecule has 0 radical (unpaired) electrons. The van der Waals surface area contributed by atoms with Crippen molar-refractivity contribution in [2.75, 3.05) is 25.0 Å². The molecule has 25 heavy (non-hydrogen) atoms. The number of pyridine rings is 1. The standard InChI is InChI=1S/C13H18N4O.C2HF3O2/c1-14-13(18)12-5-4-11(8-16-12)17-9-2-3-10(17)7-15-6-9;3-2(4,5)1(6)7/h4-5,8-10,15H,2-3,6-7H2,1H3,(H,14,18);(H,6,7). The average Bonchev–Trinajstić information content (AvgIpc) is 2.82. The number of fused-ring (bicyclic) bond motifs is 2. The van der Waals surface area contributed by atoms with Crippen LogP contribution in [0.3, 0.4) is 0 Å². The Labute approximate surface area is 142 Å². The minimum absolute atomic E-state index is 0.134. The molecule has 0 aliphatic carbocycles. The Morgan fingerprint density at radius 3 is 2.24 bits per heavy atom. The highest BCUT2D eigenvalue weighted by molar-refractivity contribution is 5.92. The number of hydrogen-bond acceptors (Lipinski definition) is 5. The van der Waals surface area contributed by atoms with Crippen molar-refractivity contribution < 1.29 is 27.9 Å². The van der Waals surface area contributed by atoms with Crippen LogP contribution in [-0.2, 0) is 4.79 Å². The predicted octanol–water partition coefficient (Wildman–Crippen LogP) is 1.02. The van der Waals surface area contributed by atoms with E-state index in [-0.39, 0.29) is 5.91 Å². The molecule has 2 aliphatic heterocycles. The van der Waals surface area contributed by atoms with E-state index in [0.717, 1.165) is 18.8 Å². The van der Waals surface area contributed by atoms with Gasteiger partial charge in [-0.25, -0.2) is 9.78 Å². The topological polar surface area (TPSA) is 94.6 Å². The number of aliphatic carboxylic acids is 1. The van der Waals surface area contributed by atoms with Crippen molar-refractivity contribution in [2.45, 2.75) is 31.1 Å². The van der Waals surface area contributed by atoms with Crippen molar-refractivity contribution in [3.63, 3.8) is 0 Å². The molecule has 1 aromatic heterocycles. The summed E-state index contributed by atoms with van der Waals surface area (Å²) < 4.78 is 31.7. The first-order valence-electron chi connectivity index (χ1n) is 7.71. The molecule has 138 valence electrons. The molecule has 2 saturated heterocycles. The quantitative estimate of drug-likeness (QED) is 0.729. The van der Waals surface area contributed by atoms with Gasteiger partial charge in [-0.15, -0.1) is 0 Å². The third-order valence-electron chi connectivity index (χ3n) is 4.13. The first-order chi connectivity index (χ1) is 11.7. The number of aromatic nitrogens is 1. The minimum Gasteiger partial charge on any atom is -0.475 e. The molecular formula is C15H19F3N4O3. The van der Waals surface area contributed by atoms with Crippen molar-refractivity contribution in [1.82, 2.24) is 15.6 Å². The molecule has 2 unspecified atom stereocenters.